The molecule has 2 N–H and O–H groups in total. The molecule has 0 saturated carbocycles. The van der Waals surface area contributed by atoms with Crippen LogP contribution in [-0.4, -0.2) is 17.2 Å². The Bertz CT molecular complexity index is 746. The first-order chi connectivity index (χ1) is 10.8. The largest absolute Gasteiger partial charge is 0.415 e. The Balaban J connectivity index is 2.38. The zero-order chi connectivity index (χ0) is 16.8. The maximum Gasteiger partial charge on any atom is 0.415 e. The summed E-state index contributed by atoms with van der Waals surface area (Å²) < 4.78 is 42.9. The molecule has 1 aromatic carbocycles. The Labute approximate surface area is 136 Å². The van der Waals surface area contributed by atoms with Crippen LogP contribution in [0.2, 0.25) is 5.02 Å². The van der Waals surface area contributed by atoms with Crippen LogP contribution in [-0.2, 0) is 5.54 Å². The standard InChI is InChI=1S/C16H15ClF3N3/c1-9(2)23-15(16(18,19)20)11-4-3-7-21-14(11)22-13-6-5-10(17)8-12(13)15/h3-9,23H,1-2H3,(H,21,22). The smallest absolute Gasteiger partial charge is 0.340 e. The molecule has 0 radical (unpaired) electrons. The molecule has 2 heterocycles. The van der Waals surface area contributed by atoms with Gasteiger partial charge in [-0.1, -0.05) is 17.7 Å². The predicted octanol–water partition coefficient (Wildman–Crippen LogP) is 4.60. The third-order valence-corrected chi connectivity index (χ3v) is 4.02. The van der Waals surface area contributed by atoms with Crippen LogP contribution in [0.25, 0.3) is 0 Å². The molecule has 1 atom stereocenters. The zero-order valence-electron chi connectivity index (χ0n) is 12.5. The molecular weight excluding hydrogens is 327 g/mol. The summed E-state index contributed by atoms with van der Waals surface area (Å²) in [6, 6.07) is 6.97. The number of benzene rings is 1. The van der Waals surface area contributed by atoms with Crippen molar-refractivity contribution in [1.29, 1.82) is 0 Å². The van der Waals surface area contributed by atoms with Crippen LogP contribution >= 0.6 is 11.6 Å². The zero-order valence-corrected chi connectivity index (χ0v) is 13.3. The average molecular weight is 342 g/mol. The molecule has 0 aliphatic carbocycles. The quantitative estimate of drug-likeness (QED) is 0.838. The molecule has 0 spiro atoms. The summed E-state index contributed by atoms with van der Waals surface area (Å²) in [7, 11) is 0. The van der Waals surface area contributed by atoms with Crippen molar-refractivity contribution in [2.24, 2.45) is 0 Å². The van der Waals surface area contributed by atoms with Gasteiger partial charge in [0.25, 0.3) is 0 Å². The highest BCUT2D eigenvalue weighted by Gasteiger charge is 2.60. The maximum absolute atomic E-state index is 14.3. The monoisotopic (exact) mass is 341 g/mol. The molecule has 1 unspecified atom stereocenters. The number of anilines is 2. The average Bonchev–Trinajstić information content (AvgIpc) is 2.46. The first-order valence-electron chi connectivity index (χ1n) is 7.12. The molecule has 0 fully saturated rings. The number of nitrogens with one attached hydrogen (secondary N) is 2. The van der Waals surface area contributed by atoms with Gasteiger partial charge in [-0.05, 0) is 38.1 Å². The number of alkyl halides is 3. The minimum atomic E-state index is -4.57. The number of halogens is 4. The van der Waals surface area contributed by atoms with Crippen LogP contribution in [0.5, 0.6) is 0 Å². The molecule has 0 bridgehead atoms. The van der Waals surface area contributed by atoms with Crippen molar-refractivity contribution in [3.8, 4) is 0 Å². The summed E-state index contributed by atoms with van der Waals surface area (Å²) in [6.07, 6.45) is -3.11. The number of nitrogens with zero attached hydrogens (tertiary/aromatic N) is 1. The molecule has 0 amide bonds. The van der Waals surface area contributed by atoms with Gasteiger partial charge in [0.2, 0.25) is 0 Å². The molecule has 122 valence electrons. The molecule has 0 saturated heterocycles. The highest BCUT2D eigenvalue weighted by atomic mass is 35.5. The predicted molar refractivity (Wildman–Crippen MR) is 84.1 cm³/mol. The van der Waals surface area contributed by atoms with Crippen molar-refractivity contribution >= 4 is 23.1 Å². The minimum absolute atomic E-state index is 0.0379. The Morgan fingerprint density at radius 1 is 1.22 bits per heavy atom. The van der Waals surface area contributed by atoms with Gasteiger partial charge in [0.15, 0.2) is 5.54 Å². The van der Waals surface area contributed by atoms with E-state index in [4.69, 9.17) is 11.6 Å². The lowest BCUT2D eigenvalue weighted by atomic mass is 9.78. The van der Waals surface area contributed by atoms with Gasteiger partial charge in [-0.2, -0.15) is 13.2 Å². The fraction of sp³-hybridized carbons (Fsp3) is 0.312. The molecule has 7 heteroatoms. The van der Waals surface area contributed by atoms with Gasteiger partial charge in [-0.25, -0.2) is 4.98 Å². The molecule has 1 aliphatic rings. The number of rotatable bonds is 2. The SMILES string of the molecule is CC(C)NC1(C(F)(F)F)c2cc(Cl)ccc2Nc2ncccc21. The maximum atomic E-state index is 14.3. The highest BCUT2D eigenvalue weighted by molar-refractivity contribution is 6.30. The molecule has 23 heavy (non-hydrogen) atoms. The van der Waals surface area contributed by atoms with Crippen LogP contribution in [0.15, 0.2) is 36.5 Å². The van der Waals surface area contributed by atoms with E-state index in [-0.39, 0.29) is 22.0 Å². The van der Waals surface area contributed by atoms with Gasteiger partial charge in [0.05, 0.1) is 0 Å². The molecular formula is C16H15ClF3N3. The molecule has 3 nitrogen and oxygen atoms in total. The van der Waals surface area contributed by atoms with E-state index in [1.54, 1.807) is 19.9 Å². The number of aromatic nitrogens is 1. The number of hydrogen-bond donors (Lipinski definition) is 2. The van der Waals surface area contributed by atoms with E-state index in [1.165, 1.54) is 30.5 Å². The van der Waals surface area contributed by atoms with E-state index in [1.807, 2.05) is 0 Å². The van der Waals surface area contributed by atoms with Crippen molar-refractivity contribution in [3.05, 3.63) is 52.7 Å². The number of fused-ring (bicyclic) bond motifs is 2. The molecule has 1 aromatic heterocycles. The molecule has 3 rings (SSSR count). The second-order valence-corrected chi connectivity index (χ2v) is 6.20. The lowest BCUT2D eigenvalue weighted by Gasteiger charge is -2.43. The summed E-state index contributed by atoms with van der Waals surface area (Å²) >= 11 is 5.98. The first-order valence-corrected chi connectivity index (χ1v) is 7.50. The fourth-order valence-electron chi connectivity index (χ4n) is 2.99. The van der Waals surface area contributed by atoms with Gasteiger partial charge in [0, 0.05) is 34.1 Å². The van der Waals surface area contributed by atoms with Crippen LogP contribution in [0.1, 0.15) is 25.0 Å². The lowest BCUT2D eigenvalue weighted by Crippen LogP contribution is -2.58. The van der Waals surface area contributed by atoms with E-state index in [2.05, 4.69) is 15.6 Å². The Morgan fingerprint density at radius 3 is 2.61 bits per heavy atom. The fourth-order valence-corrected chi connectivity index (χ4v) is 3.16. The van der Waals surface area contributed by atoms with Gasteiger partial charge in [-0.3, -0.25) is 5.32 Å². The summed E-state index contributed by atoms with van der Waals surface area (Å²) in [4.78, 5) is 4.07. The van der Waals surface area contributed by atoms with Gasteiger partial charge < -0.3 is 5.32 Å². The summed E-state index contributed by atoms with van der Waals surface area (Å²) in [6.45, 7) is 3.35. The summed E-state index contributed by atoms with van der Waals surface area (Å²) in [5, 5.41) is 5.92. The normalized spacial score (nSPS) is 20.0. The molecule has 2 aromatic rings. The lowest BCUT2D eigenvalue weighted by molar-refractivity contribution is -0.189. The second-order valence-electron chi connectivity index (χ2n) is 5.76. The Hall–Kier alpha value is -1.79. The Morgan fingerprint density at radius 2 is 1.96 bits per heavy atom. The minimum Gasteiger partial charge on any atom is -0.340 e. The van der Waals surface area contributed by atoms with Crippen LogP contribution in [0.3, 0.4) is 0 Å². The van der Waals surface area contributed by atoms with Crippen LogP contribution < -0.4 is 10.6 Å². The van der Waals surface area contributed by atoms with E-state index >= 15 is 0 Å². The Kier molecular flexibility index (Phi) is 3.77. The van der Waals surface area contributed by atoms with Crippen LogP contribution in [0, 0.1) is 0 Å². The van der Waals surface area contributed by atoms with Crippen LogP contribution in [0.4, 0.5) is 24.7 Å². The van der Waals surface area contributed by atoms with E-state index in [0.717, 1.165) is 0 Å². The summed E-state index contributed by atoms with van der Waals surface area (Å²) in [5.41, 5.74) is -1.94. The highest BCUT2D eigenvalue weighted by Crippen LogP contribution is 2.52. The number of pyridine rings is 1. The summed E-state index contributed by atoms with van der Waals surface area (Å²) in [5.74, 6) is 0.188. The third-order valence-electron chi connectivity index (χ3n) is 3.78. The van der Waals surface area contributed by atoms with E-state index < -0.39 is 17.8 Å². The van der Waals surface area contributed by atoms with E-state index in [0.29, 0.717) is 5.69 Å². The van der Waals surface area contributed by atoms with Crippen molar-refractivity contribution in [2.45, 2.75) is 31.6 Å². The van der Waals surface area contributed by atoms with Gasteiger partial charge >= 0.3 is 6.18 Å². The molecule has 1 aliphatic heterocycles. The van der Waals surface area contributed by atoms with Crippen molar-refractivity contribution in [1.82, 2.24) is 10.3 Å². The van der Waals surface area contributed by atoms with Crippen molar-refractivity contribution in [2.75, 3.05) is 5.32 Å². The van der Waals surface area contributed by atoms with Crippen molar-refractivity contribution < 1.29 is 13.2 Å². The van der Waals surface area contributed by atoms with E-state index in [9.17, 15) is 13.2 Å². The van der Waals surface area contributed by atoms with Gasteiger partial charge in [0.1, 0.15) is 5.82 Å². The number of hydrogen-bond acceptors (Lipinski definition) is 3. The van der Waals surface area contributed by atoms with Gasteiger partial charge in [-0.15, -0.1) is 0 Å². The van der Waals surface area contributed by atoms with Crippen molar-refractivity contribution in [3.63, 3.8) is 0 Å². The third kappa shape index (κ3) is 2.46. The second kappa shape index (κ2) is 5.39. The first kappa shape index (κ1) is 16.1. The topological polar surface area (TPSA) is 37.0 Å².